The van der Waals surface area contributed by atoms with Gasteiger partial charge in [0.05, 0.1) is 5.92 Å². The summed E-state index contributed by atoms with van der Waals surface area (Å²) in [4.78, 5) is 24.0. The van der Waals surface area contributed by atoms with Crippen LogP contribution in [0.5, 0.6) is 0 Å². The molecule has 1 atom stereocenters. The number of benzene rings is 1. The number of ether oxygens (including phenoxy) is 2. The summed E-state index contributed by atoms with van der Waals surface area (Å²) in [6, 6.07) is 4.27. The molecule has 0 N–H and O–H groups in total. The van der Waals surface area contributed by atoms with Crippen LogP contribution >= 0.6 is 0 Å². The summed E-state index contributed by atoms with van der Waals surface area (Å²) < 4.78 is 23.2. The van der Waals surface area contributed by atoms with Gasteiger partial charge in [0.2, 0.25) is 6.29 Å². The van der Waals surface area contributed by atoms with E-state index < -0.39 is 23.8 Å². The van der Waals surface area contributed by atoms with Crippen LogP contribution in [-0.4, -0.2) is 32.1 Å². The Bertz CT molecular complexity index is 494. The summed E-state index contributed by atoms with van der Waals surface area (Å²) in [6.45, 7) is 0. The molecule has 0 aromatic heterocycles. The van der Waals surface area contributed by atoms with Gasteiger partial charge in [-0.05, 0) is 18.1 Å². The van der Waals surface area contributed by atoms with E-state index in [-0.39, 0.29) is 17.8 Å². The fourth-order valence-electron chi connectivity index (χ4n) is 2.20. The number of hydrogen-bond acceptors (Lipinski definition) is 4. The molecule has 1 aliphatic rings. The number of hydrogen-bond donors (Lipinski definition) is 0. The van der Waals surface area contributed by atoms with E-state index in [0.29, 0.717) is 5.56 Å². The van der Waals surface area contributed by atoms with Gasteiger partial charge in [-0.15, -0.1) is 0 Å². The molecule has 0 fully saturated rings. The summed E-state index contributed by atoms with van der Waals surface area (Å²) in [5.41, 5.74) is 0.575. The predicted octanol–water partition coefficient (Wildman–Crippen LogP) is 1.37. The van der Waals surface area contributed by atoms with Crippen molar-refractivity contribution in [2.45, 2.75) is 12.7 Å². The van der Waals surface area contributed by atoms with E-state index in [0.717, 1.165) is 0 Å². The minimum atomic E-state index is -1.09. The minimum Gasteiger partial charge on any atom is -0.349 e. The summed E-state index contributed by atoms with van der Waals surface area (Å²) >= 11 is 0. The number of carbonyl (C=O) groups is 2. The Morgan fingerprint density at radius 2 is 2.06 bits per heavy atom. The van der Waals surface area contributed by atoms with Crippen molar-refractivity contribution >= 4 is 11.6 Å². The van der Waals surface area contributed by atoms with Gasteiger partial charge in [-0.1, -0.05) is 12.1 Å². The molecule has 2 rings (SSSR count). The normalized spacial score (nSPS) is 18.2. The van der Waals surface area contributed by atoms with Gasteiger partial charge in [0.25, 0.3) is 0 Å². The molecule has 5 heteroatoms. The third-order valence-corrected chi connectivity index (χ3v) is 3.11. The molecule has 96 valence electrons. The quantitative estimate of drug-likeness (QED) is 0.600. The van der Waals surface area contributed by atoms with Crippen LogP contribution in [0.1, 0.15) is 15.9 Å². The lowest BCUT2D eigenvalue weighted by Gasteiger charge is -2.15. The molecular weight excluding hydrogens is 239 g/mol. The zero-order valence-corrected chi connectivity index (χ0v) is 10.1. The smallest absolute Gasteiger partial charge is 0.218 e. The van der Waals surface area contributed by atoms with E-state index in [2.05, 4.69) is 0 Å². The molecule has 18 heavy (non-hydrogen) atoms. The number of rotatable bonds is 4. The van der Waals surface area contributed by atoms with Crippen LogP contribution < -0.4 is 0 Å². The minimum absolute atomic E-state index is 0.0723. The Labute approximate surface area is 104 Å². The number of methoxy groups -OCH3 is 2. The van der Waals surface area contributed by atoms with Gasteiger partial charge in [0.1, 0.15) is 5.82 Å². The maximum atomic E-state index is 13.5. The highest BCUT2D eigenvalue weighted by molar-refractivity contribution is 6.14. The molecule has 0 saturated carbocycles. The second-order valence-electron chi connectivity index (χ2n) is 4.09. The van der Waals surface area contributed by atoms with Crippen LogP contribution in [0.4, 0.5) is 4.39 Å². The Morgan fingerprint density at radius 3 is 2.61 bits per heavy atom. The third kappa shape index (κ3) is 1.95. The first-order chi connectivity index (χ1) is 8.60. The first-order valence-corrected chi connectivity index (χ1v) is 5.51. The van der Waals surface area contributed by atoms with Crippen LogP contribution in [0.3, 0.4) is 0 Å². The van der Waals surface area contributed by atoms with Gasteiger partial charge < -0.3 is 9.47 Å². The molecule has 1 unspecified atom stereocenters. The summed E-state index contributed by atoms with van der Waals surface area (Å²) in [5.74, 6) is -2.21. The van der Waals surface area contributed by atoms with Crippen molar-refractivity contribution in [3.63, 3.8) is 0 Å². The largest absolute Gasteiger partial charge is 0.349 e. The standard InChI is InChI=1S/C13H13FO4/c1-17-13(18-2)12(16)9-6-8-7(11(9)15)4-3-5-10(8)14/h3-5,9,13H,6H2,1-2H3. The van der Waals surface area contributed by atoms with Crippen molar-refractivity contribution in [1.29, 1.82) is 0 Å². The molecule has 0 radical (unpaired) electrons. The summed E-state index contributed by atoms with van der Waals surface area (Å²) in [6.07, 6.45) is -1.01. The van der Waals surface area contributed by atoms with Crippen LogP contribution in [0.25, 0.3) is 0 Å². The van der Waals surface area contributed by atoms with E-state index in [1.54, 1.807) is 0 Å². The van der Waals surface area contributed by atoms with Gasteiger partial charge in [-0.3, -0.25) is 9.59 Å². The maximum Gasteiger partial charge on any atom is 0.218 e. The maximum absolute atomic E-state index is 13.5. The van der Waals surface area contributed by atoms with Crippen molar-refractivity contribution < 1.29 is 23.5 Å². The van der Waals surface area contributed by atoms with E-state index in [1.807, 2.05) is 0 Å². The lowest BCUT2D eigenvalue weighted by molar-refractivity contribution is -0.159. The fraction of sp³-hybridized carbons (Fsp3) is 0.385. The number of ketones is 2. The highest BCUT2D eigenvalue weighted by Gasteiger charge is 2.40. The Balaban J connectivity index is 2.29. The van der Waals surface area contributed by atoms with E-state index in [4.69, 9.17) is 9.47 Å². The zero-order valence-electron chi connectivity index (χ0n) is 10.1. The van der Waals surface area contributed by atoms with Crippen LogP contribution in [0, 0.1) is 11.7 Å². The van der Waals surface area contributed by atoms with Crippen molar-refractivity contribution in [3.05, 3.63) is 35.1 Å². The van der Waals surface area contributed by atoms with Gasteiger partial charge >= 0.3 is 0 Å². The third-order valence-electron chi connectivity index (χ3n) is 3.11. The van der Waals surface area contributed by atoms with E-state index in [9.17, 15) is 14.0 Å². The fourth-order valence-corrected chi connectivity index (χ4v) is 2.20. The molecule has 0 spiro atoms. The first kappa shape index (κ1) is 12.9. The van der Waals surface area contributed by atoms with Gasteiger partial charge in [-0.25, -0.2) is 4.39 Å². The average Bonchev–Trinajstić information content (AvgIpc) is 2.70. The van der Waals surface area contributed by atoms with Gasteiger partial charge in [-0.2, -0.15) is 0 Å². The highest BCUT2D eigenvalue weighted by Crippen LogP contribution is 2.30. The van der Waals surface area contributed by atoms with Crippen molar-refractivity contribution in [2.24, 2.45) is 5.92 Å². The molecule has 0 heterocycles. The van der Waals surface area contributed by atoms with Crippen molar-refractivity contribution in [1.82, 2.24) is 0 Å². The van der Waals surface area contributed by atoms with E-state index in [1.165, 1.54) is 32.4 Å². The van der Waals surface area contributed by atoms with Gasteiger partial charge in [0.15, 0.2) is 11.6 Å². The molecule has 0 amide bonds. The molecule has 1 aliphatic carbocycles. The monoisotopic (exact) mass is 252 g/mol. The summed E-state index contributed by atoms with van der Waals surface area (Å²) in [5, 5.41) is 0. The molecular formula is C13H13FO4. The van der Waals surface area contributed by atoms with Crippen molar-refractivity contribution in [3.8, 4) is 0 Å². The predicted molar refractivity (Wildman–Crippen MR) is 60.7 cm³/mol. The number of Topliss-reactive ketones (excluding diaryl/α,β-unsaturated/α-hetero) is 2. The topological polar surface area (TPSA) is 52.6 Å². The first-order valence-electron chi connectivity index (χ1n) is 5.51. The van der Waals surface area contributed by atoms with E-state index >= 15 is 0 Å². The highest BCUT2D eigenvalue weighted by atomic mass is 19.1. The number of fused-ring (bicyclic) bond motifs is 1. The van der Waals surface area contributed by atoms with Crippen molar-refractivity contribution in [2.75, 3.05) is 14.2 Å². The lowest BCUT2D eigenvalue weighted by Crippen LogP contribution is -2.34. The van der Waals surface area contributed by atoms with Crippen LogP contribution in [0.15, 0.2) is 18.2 Å². The Kier molecular flexibility index (Phi) is 3.54. The molecule has 0 saturated heterocycles. The Morgan fingerprint density at radius 1 is 1.39 bits per heavy atom. The second kappa shape index (κ2) is 4.96. The number of carbonyl (C=O) groups excluding carboxylic acids is 2. The second-order valence-corrected chi connectivity index (χ2v) is 4.09. The van der Waals surface area contributed by atoms with Crippen LogP contribution in [0.2, 0.25) is 0 Å². The molecule has 4 nitrogen and oxygen atoms in total. The van der Waals surface area contributed by atoms with Gasteiger partial charge in [0, 0.05) is 19.8 Å². The summed E-state index contributed by atoms with van der Waals surface area (Å²) in [7, 11) is 2.64. The molecule has 0 aliphatic heterocycles. The number of halogens is 1. The average molecular weight is 252 g/mol. The lowest BCUT2D eigenvalue weighted by atomic mass is 9.99. The SMILES string of the molecule is COC(OC)C(=O)C1Cc2c(F)cccc2C1=O. The zero-order chi connectivity index (χ0) is 13.3. The molecule has 0 bridgehead atoms. The molecule has 1 aromatic rings. The Hall–Kier alpha value is -1.59. The van der Waals surface area contributed by atoms with Crippen LogP contribution in [-0.2, 0) is 20.7 Å². The molecule has 1 aromatic carbocycles.